The summed E-state index contributed by atoms with van der Waals surface area (Å²) in [5.41, 5.74) is -0.00426. The van der Waals surface area contributed by atoms with Crippen LogP contribution in [0.4, 0.5) is 5.82 Å². The summed E-state index contributed by atoms with van der Waals surface area (Å²) >= 11 is 0. The van der Waals surface area contributed by atoms with Crippen LogP contribution in [0.5, 0.6) is 5.88 Å². The van der Waals surface area contributed by atoms with Crippen LogP contribution >= 0.6 is 0 Å². The Morgan fingerprint density at radius 2 is 2.19 bits per heavy atom. The predicted molar refractivity (Wildman–Crippen MR) is 97.3 cm³/mol. The minimum Gasteiger partial charge on any atom is -0.481 e. The van der Waals surface area contributed by atoms with E-state index in [1.807, 2.05) is 18.2 Å². The van der Waals surface area contributed by atoms with Crippen LogP contribution in [-0.2, 0) is 11.3 Å². The first-order chi connectivity index (χ1) is 12.7. The number of furan rings is 1. The Morgan fingerprint density at radius 3 is 2.92 bits per heavy atom. The molecule has 0 radical (unpaired) electrons. The molecular weight excluding hydrogens is 332 g/mol. The Bertz CT molecular complexity index is 713. The van der Waals surface area contributed by atoms with E-state index in [4.69, 9.17) is 13.9 Å². The fourth-order valence-electron chi connectivity index (χ4n) is 3.99. The van der Waals surface area contributed by atoms with Gasteiger partial charge in [0.25, 0.3) is 0 Å². The Hall–Kier alpha value is -2.12. The zero-order valence-electron chi connectivity index (χ0n) is 15.4. The Labute approximate surface area is 153 Å². The van der Waals surface area contributed by atoms with Crippen molar-refractivity contribution >= 4 is 5.82 Å². The molecule has 0 aromatic carbocycles. The third kappa shape index (κ3) is 3.54. The molecule has 7 nitrogen and oxygen atoms in total. The van der Waals surface area contributed by atoms with Crippen molar-refractivity contribution in [3.8, 4) is 5.88 Å². The van der Waals surface area contributed by atoms with Crippen molar-refractivity contribution < 1.29 is 13.9 Å². The summed E-state index contributed by atoms with van der Waals surface area (Å²) in [7, 11) is 3.78. The van der Waals surface area contributed by atoms with Gasteiger partial charge in [0.2, 0.25) is 5.88 Å². The average Bonchev–Trinajstić information content (AvgIpc) is 3.33. The normalized spacial score (nSPS) is 22.3. The number of nitrogens with zero attached hydrogens (tertiary/aromatic N) is 4. The average molecular weight is 358 g/mol. The number of hydrogen-bond acceptors (Lipinski definition) is 7. The minimum absolute atomic E-state index is 0.00426. The summed E-state index contributed by atoms with van der Waals surface area (Å²) in [5, 5.41) is 0. The largest absolute Gasteiger partial charge is 0.481 e. The highest BCUT2D eigenvalue weighted by Gasteiger charge is 2.44. The summed E-state index contributed by atoms with van der Waals surface area (Å²) in [4.78, 5) is 13.1. The van der Waals surface area contributed by atoms with E-state index in [9.17, 15) is 0 Å². The van der Waals surface area contributed by atoms with Crippen molar-refractivity contribution in [3.63, 3.8) is 0 Å². The highest BCUT2D eigenvalue weighted by Crippen LogP contribution is 2.38. The molecule has 4 rings (SSSR count). The number of hydrogen-bond donors (Lipinski definition) is 0. The molecule has 0 saturated carbocycles. The van der Waals surface area contributed by atoms with Gasteiger partial charge >= 0.3 is 0 Å². The third-order valence-electron chi connectivity index (χ3n) is 5.63. The van der Waals surface area contributed by atoms with Crippen LogP contribution in [0.1, 0.15) is 25.0 Å². The molecule has 0 amide bonds. The van der Waals surface area contributed by atoms with E-state index >= 15 is 0 Å². The van der Waals surface area contributed by atoms with Gasteiger partial charge in [0.1, 0.15) is 17.9 Å². The first kappa shape index (κ1) is 17.3. The number of ether oxygens (including phenoxy) is 2. The number of likely N-dealkylation sites (N-methyl/N-ethyl adjacent to an activating group) is 1. The van der Waals surface area contributed by atoms with Crippen molar-refractivity contribution in [2.24, 2.45) is 0 Å². The number of anilines is 1. The topological polar surface area (TPSA) is 63.9 Å². The zero-order chi connectivity index (χ0) is 18.0. The van der Waals surface area contributed by atoms with Crippen molar-refractivity contribution in [1.82, 2.24) is 14.9 Å². The van der Waals surface area contributed by atoms with E-state index in [1.54, 1.807) is 19.7 Å². The lowest BCUT2D eigenvalue weighted by molar-refractivity contribution is -0.0158. The summed E-state index contributed by atoms with van der Waals surface area (Å²) in [5.74, 6) is 2.53. The first-order valence-corrected chi connectivity index (χ1v) is 9.15. The molecule has 1 spiro atoms. The second-order valence-electron chi connectivity index (χ2n) is 7.25. The van der Waals surface area contributed by atoms with Gasteiger partial charge in [0, 0.05) is 25.2 Å². The van der Waals surface area contributed by atoms with Gasteiger partial charge in [-0.2, -0.15) is 0 Å². The van der Waals surface area contributed by atoms with Crippen LogP contribution in [0.25, 0.3) is 0 Å². The number of aromatic nitrogens is 2. The van der Waals surface area contributed by atoms with Crippen molar-refractivity contribution in [2.45, 2.75) is 37.5 Å². The Kier molecular flexibility index (Phi) is 4.82. The van der Waals surface area contributed by atoms with Crippen LogP contribution in [0.2, 0.25) is 0 Å². The van der Waals surface area contributed by atoms with E-state index in [0.717, 1.165) is 57.1 Å². The number of methoxy groups -OCH3 is 1. The molecule has 1 atom stereocenters. The maximum Gasteiger partial charge on any atom is 0.218 e. The molecule has 2 saturated heterocycles. The maximum absolute atomic E-state index is 6.31. The van der Waals surface area contributed by atoms with Gasteiger partial charge in [-0.15, -0.1) is 0 Å². The summed E-state index contributed by atoms with van der Waals surface area (Å²) in [6.45, 7) is 3.49. The highest BCUT2D eigenvalue weighted by atomic mass is 16.5. The third-order valence-corrected chi connectivity index (χ3v) is 5.63. The molecule has 2 aliphatic rings. The van der Waals surface area contributed by atoms with Crippen molar-refractivity contribution in [3.05, 3.63) is 36.5 Å². The molecule has 2 aromatic rings. The van der Waals surface area contributed by atoms with Gasteiger partial charge in [0.05, 0.1) is 32.1 Å². The molecule has 140 valence electrons. The number of rotatable bonds is 5. The Balaban J connectivity index is 1.34. The van der Waals surface area contributed by atoms with Gasteiger partial charge < -0.3 is 18.8 Å². The molecule has 0 N–H and O–H groups in total. The molecule has 0 aliphatic carbocycles. The molecular formula is C19H26N4O3. The lowest BCUT2D eigenvalue weighted by atomic mass is 9.87. The van der Waals surface area contributed by atoms with E-state index < -0.39 is 0 Å². The van der Waals surface area contributed by atoms with E-state index in [0.29, 0.717) is 11.9 Å². The predicted octanol–water partition coefficient (Wildman–Crippen LogP) is 2.34. The van der Waals surface area contributed by atoms with Gasteiger partial charge in [-0.05, 0) is 38.4 Å². The smallest absolute Gasteiger partial charge is 0.218 e. The van der Waals surface area contributed by atoms with E-state index in [1.165, 1.54) is 0 Å². The summed E-state index contributed by atoms with van der Waals surface area (Å²) in [6, 6.07) is 6.29. The van der Waals surface area contributed by atoms with Crippen LogP contribution in [0.15, 0.2) is 35.2 Å². The van der Waals surface area contributed by atoms with Crippen LogP contribution < -0.4 is 9.64 Å². The van der Waals surface area contributed by atoms with E-state index in [2.05, 4.69) is 26.8 Å². The van der Waals surface area contributed by atoms with Crippen molar-refractivity contribution in [2.75, 3.05) is 38.8 Å². The first-order valence-electron chi connectivity index (χ1n) is 9.15. The monoisotopic (exact) mass is 358 g/mol. The maximum atomic E-state index is 6.31. The van der Waals surface area contributed by atoms with Gasteiger partial charge in [0.15, 0.2) is 0 Å². The van der Waals surface area contributed by atoms with Crippen LogP contribution in [0.3, 0.4) is 0 Å². The molecule has 7 heteroatoms. The van der Waals surface area contributed by atoms with Gasteiger partial charge in [-0.3, -0.25) is 4.90 Å². The summed E-state index contributed by atoms with van der Waals surface area (Å²) < 4.78 is 17.0. The SMILES string of the molecule is COc1cc(N2CCC3(CC2)C[C@@H](N(C)Cc2ccco2)CO3)ncn1. The molecule has 4 heterocycles. The number of piperidine rings is 1. The molecule has 26 heavy (non-hydrogen) atoms. The quantitative estimate of drug-likeness (QED) is 0.813. The fraction of sp³-hybridized carbons (Fsp3) is 0.579. The van der Waals surface area contributed by atoms with Crippen LogP contribution in [-0.4, -0.2) is 60.4 Å². The zero-order valence-corrected chi connectivity index (χ0v) is 15.4. The fourth-order valence-corrected chi connectivity index (χ4v) is 3.99. The molecule has 0 bridgehead atoms. The second kappa shape index (κ2) is 7.25. The van der Waals surface area contributed by atoms with E-state index in [-0.39, 0.29) is 5.60 Å². The lowest BCUT2D eigenvalue weighted by Gasteiger charge is -2.39. The Morgan fingerprint density at radius 1 is 1.35 bits per heavy atom. The van der Waals surface area contributed by atoms with Gasteiger partial charge in [-0.1, -0.05) is 0 Å². The minimum atomic E-state index is -0.00426. The van der Waals surface area contributed by atoms with Crippen molar-refractivity contribution in [1.29, 1.82) is 0 Å². The summed E-state index contributed by atoms with van der Waals surface area (Å²) in [6.07, 6.45) is 6.40. The molecule has 2 aromatic heterocycles. The standard InChI is InChI=1S/C19H26N4O3/c1-22(12-16-4-3-9-25-16)15-11-19(26-13-15)5-7-23(8-6-19)17-10-18(24-2)21-14-20-17/h3-4,9-10,14-15H,5-8,11-13H2,1-2H3/t15-/m1/s1. The molecule has 2 fully saturated rings. The molecule has 2 aliphatic heterocycles. The van der Waals surface area contributed by atoms with Crippen LogP contribution in [0, 0.1) is 0 Å². The van der Waals surface area contributed by atoms with Gasteiger partial charge in [-0.25, -0.2) is 9.97 Å². The highest BCUT2D eigenvalue weighted by molar-refractivity contribution is 5.41. The second-order valence-corrected chi connectivity index (χ2v) is 7.25. The lowest BCUT2D eigenvalue weighted by Crippen LogP contribution is -2.45. The molecule has 0 unspecified atom stereocenters.